The molecule has 0 saturated carbocycles. The average molecular weight is 1230 g/mol. The molecule has 0 aliphatic heterocycles. The van der Waals surface area contributed by atoms with E-state index in [9.17, 15) is 0 Å². The van der Waals surface area contributed by atoms with E-state index in [1.165, 1.54) is 6.33 Å². The van der Waals surface area contributed by atoms with Crippen LogP contribution in [0.3, 0.4) is 0 Å². The third-order valence-corrected chi connectivity index (χ3v) is 14.7. The van der Waals surface area contributed by atoms with Gasteiger partial charge in [0.2, 0.25) is 5.95 Å². The molecule has 20 heteroatoms. The van der Waals surface area contributed by atoms with Crippen LogP contribution in [0, 0.1) is 0 Å². The zero-order valence-electron chi connectivity index (χ0n) is 48.0. The lowest BCUT2D eigenvalue weighted by atomic mass is 10.0. The molecule has 18 nitrogen and oxygen atoms in total. The first-order chi connectivity index (χ1) is 39.6. The van der Waals surface area contributed by atoms with Gasteiger partial charge in [-0.2, -0.15) is 15.3 Å². The number of fused-ring (bicyclic) bond motifs is 3. The summed E-state index contributed by atoms with van der Waals surface area (Å²) in [5.74, 6) is 5.10. The lowest BCUT2D eigenvalue weighted by molar-refractivity contribution is 0.412. The predicted molar refractivity (Wildman–Crippen MR) is 337 cm³/mol. The summed E-state index contributed by atoms with van der Waals surface area (Å²) in [6, 6.07) is 43.1. The fraction of sp³-hybridized carbons (Fsp3) is 0.222. The van der Waals surface area contributed by atoms with Crippen LogP contribution in [0.2, 0.25) is 0 Å². The zero-order chi connectivity index (χ0) is 58.5. The number of rotatable bonds is 7. The number of hydrogen-bond donors (Lipinski definition) is 2. The van der Waals surface area contributed by atoms with Crippen LogP contribution in [0.1, 0.15) is 62.3 Å². The van der Waals surface area contributed by atoms with Crippen molar-refractivity contribution in [2.24, 2.45) is 14.1 Å². The molecule has 0 radical (unpaired) electrons. The fourth-order valence-corrected chi connectivity index (χ4v) is 11.0. The van der Waals surface area contributed by atoms with E-state index < -0.39 is 0 Å². The number of nitrogens with two attached hydrogens (primary N) is 1. The van der Waals surface area contributed by atoms with E-state index >= 15 is 0 Å². The van der Waals surface area contributed by atoms with Gasteiger partial charge >= 0.3 is 0 Å². The second-order valence-corrected chi connectivity index (χ2v) is 24.9. The number of benzene rings is 6. The molecule has 13 rings (SSSR count). The van der Waals surface area contributed by atoms with Gasteiger partial charge in [-0.3, -0.25) is 14.5 Å². The maximum atomic E-state index is 5.64. The minimum atomic E-state index is -0.194. The quantitative estimate of drug-likeness (QED) is 0.153. The Morgan fingerprint density at radius 2 is 0.819 bits per heavy atom. The molecule has 0 aliphatic carbocycles. The van der Waals surface area contributed by atoms with Crippen molar-refractivity contribution < 1.29 is 0 Å². The summed E-state index contributed by atoms with van der Waals surface area (Å²) in [4.78, 5) is 36.5. The maximum absolute atomic E-state index is 5.64. The van der Waals surface area contributed by atoms with Crippen LogP contribution in [-0.4, -0.2) is 83.3 Å². The highest BCUT2D eigenvalue weighted by Gasteiger charge is 2.28. The maximum Gasteiger partial charge on any atom is 0.219 e. The standard InChI is InChI=1S/C24H24N8.C20H20BrN5.C19H18BrN5/c1-24(2,3)32-20-10-9-15(16-12-26-23(25)27-13-16)11-19(20)29-22(32)18-8-6-5-7-17(18)21-28-14-31(4)30-21;1-20(2,3)26-17-10-9-13(21)11-16(17)23-19(26)15-8-6-5-7-14(15)18-22-12-25(4)24-18;1-19(2,3)25-16-9-8-12(20)10-15(16)23-18(25)14-7-5-4-6-13(14)17-21-11-22-24-17/h5-14H,1-4H3,(H2,25,26,27);5-12H,1-4H3;4-11H,1-3H3,(H,21,22,24). The molecule has 0 spiro atoms. The Morgan fingerprint density at radius 3 is 1.20 bits per heavy atom. The highest BCUT2D eigenvalue weighted by Crippen LogP contribution is 2.40. The number of H-pyrrole nitrogens is 1. The van der Waals surface area contributed by atoms with Crippen LogP contribution in [-0.2, 0) is 30.7 Å². The van der Waals surface area contributed by atoms with Gasteiger partial charge in [0.1, 0.15) is 36.5 Å². The average Bonchev–Trinajstić information content (AvgIpc) is 2.95. The Bertz CT molecular complexity index is 4460. The van der Waals surface area contributed by atoms with Crippen LogP contribution in [0.4, 0.5) is 5.95 Å². The molecule has 13 aromatic rings. The number of aromatic amines is 1. The number of hydrogen-bond acceptors (Lipinski definition) is 12. The number of aromatic nitrogens is 17. The minimum Gasteiger partial charge on any atom is -0.368 e. The number of halogens is 2. The topological polar surface area (TPSA) is 208 Å². The number of nitrogen functional groups attached to an aromatic ring is 1. The molecule has 0 bridgehead atoms. The Hall–Kier alpha value is -9.01. The lowest BCUT2D eigenvalue weighted by Crippen LogP contribution is -2.22. The van der Waals surface area contributed by atoms with Gasteiger partial charge in [-0.25, -0.2) is 39.9 Å². The van der Waals surface area contributed by atoms with Crippen LogP contribution < -0.4 is 5.73 Å². The van der Waals surface area contributed by atoms with Crippen molar-refractivity contribution in [2.45, 2.75) is 78.9 Å². The molecule has 0 aliphatic rings. The summed E-state index contributed by atoms with van der Waals surface area (Å²) in [5.41, 5.74) is 19.1. The van der Waals surface area contributed by atoms with Gasteiger partial charge in [-0.15, -0.1) is 0 Å². The third-order valence-electron chi connectivity index (χ3n) is 13.8. The van der Waals surface area contributed by atoms with Gasteiger partial charge in [0, 0.05) is 91.0 Å². The van der Waals surface area contributed by atoms with E-state index in [0.717, 1.165) is 110 Å². The highest BCUT2D eigenvalue weighted by atomic mass is 79.9. The Morgan fingerprint density at radius 1 is 0.434 bits per heavy atom. The fourth-order valence-electron chi connectivity index (χ4n) is 10.3. The molecule has 3 N–H and O–H groups in total. The Balaban J connectivity index is 0.000000132. The van der Waals surface area contributed by atoms with Crippen molar-refractivity contribution in [2.75, 3.05) is 5.73 Å². The molecule has 0 unspecified atom stereocenters. The smallest absolute Gasteiger partial charge is 0.219 e. The molecule has 418 valence electrons. The molecular weight excluding hydrogens is 1170 g/mol. The monoisotopic (exact) mass is 1230 g/mol. The molecule has 0 saturated heterocycles. The van der Waals surface area contributed by atoms with Gasteiger partial charge in [0.05, 0.1) is 33.1 Å². The molecule has 0 atom stereocenters. The summed E-state index contributed by atoms with van der Waals surface area (Å²) >= 11 is 7.10. The first-order valence-corrected chi connectivity index (χ1v) is 28.5. The Kier molecular flexibility index (Phi) is 14.8. The number of nitrogens with zero attached hydrogens (tertiary/aromatic N) is 16. The van der Waals surface area contributed by atoms with Crippen molar-refractivity contribution in [1.29, 1.82) is 0 Å². The minimum absolute atomic E-state index is 0.119. The Labute approximate surface area is 497 Å². The second-order valence-electron chi connectivity index (χ2n) is 23.1. The van der Waals surface area contributed by atoms with Crippen LogP contribution in [0.15, 0.2) is 168 Å². The SMILES string of the molecule is CC(C)(C)n1c(-c2ccccc2-c2ncn[nH]2)nc2cc(Br)ccc21.Cn1cnc(-c2ccccc2-c2nc3cc(-c4cnc(N)nc4)ccc3n2C(C)(C)C)n1.Cn1cnc(-c2ccccc2-c2nc3cc(Br)ccc3n2C(C)(C)C)n1. The number of aryl methyl sites for hydroxylation is 2. The lowest BCUT2D eigenvalue weighted by Gasteiger charge is -2.25. The number of imidazole rings is 3. The van der Waals surface area contributed by atoms with Crippen LogP contribution in [0.25, 0.3) is 113 Å². The number of anilines is 1. The normalized spacial score (nSPS) is 12.0. The van der Waals surface area contributed by atoms with Crippen molar-refractivity contribution in [3.63, 3.8) is 0 Å². The van der Waals surface area contributed by atoms with Crippen molar-refractivity contribution in [1.82, 2.24) is 83.3 Å². The van der Waals surface area contributed by atoms with Crippen LogP contribution >= 0.6 is 31.9 Å². The van der Waals surface area contributed by atoms with Gasteiger partial charge in [-0.05, 0) is 116 Å². The van der Waals surface area contributed by atoms with Crippen molar-refractivity contribution in [3.8, 4) is 79.5 Å². The van der Waals surface area contributed by atoms with Gasteiger partial charge in [-0.1, -0.05) is 111 Å². The number of nitrogens with one attached hydrogen (secondary N) is 1. The molecule has 6 aromatic carbocycles. The zero-order valence-corrected chi connectivity index (χ0v) is 51.2. The molecule has 7 heterocycles. The highest BCUT2D eigenvalue weighted by molar-refractivity contribution is 9.10. The summed E-state index contributed by atoms with van der Waals surface area (Å²) in [6.45, 7) is 19.7. The summed E-state index contributed by atoms with van der Waals surface area (Å²) < 4.78 is 12.3. The van der Waals surface area contributed by atoms with Crippen LogP contribution in [0.5, 0.6) is 0 Å². The van der Waals surface area contributed by atoms with Gasteiger partial charge < -0.3 is 19.4 Å². The van der Waals surface area contributed by atoms with Crippen molar-refractivity contribution >= 4 is 70.9 Å². The molecule has 0 fully saturated rings. The van der Waals surface area contributed by atoms with E-state index in [2.05, 4.69) is 226 Å². The first-order valence-electron chi connectivity index (χ1n) is 26.9. The van der Waals surface area contributed by atoms with E-state index in [0.29, 0.717) is 11.6 Å². The van der Waals surface area contributed by atoms with Gasteiger partial charge in [0.25, 0.3) is 0 Å². The summed E-state index contributed by atoms with van der Waals surface area (Å²) in [7, 11) is 3.74. The summed E-state index contributed by atoms with van der Waals surface area (Å²) in [5, 5.41) is 16.0. The van der Waals surface area contributed by atoms with Crippen molar-refractivity contribution in [3.05, 3.63) is 168 Å². The third kappa shape index (κ3) is 11.4. The predicted octanol–water partition coefficient (Wildman–Crippen LogP) is 14.3. The molecule has 83 heavy (non-hydrogen) atoms. The van der Waals surface area contributed by atoms with E-state index in [1.807, 2.05) is 68.7 Å². The summed E-state index contributed by atoms with van der Waals surface area (Å²) in [6.07, 6.45) is 8.41. The van der Waals surface area contributed by atoms with E-state index in [4.69, 9.17) is 20.7 Å². The largest absolute Gasteiger partial charge is 0.368 e. The van der Waals surface area contributed by atoms with Gasteiger partial charge in [0.15, 0.2) is 17.5 Å². The molecular formula is C63H62Br2N18. The molecule has 0 amide bonds. The molecule has 7 aromatic heterocycles. The first kappa shape index (κ1) is 55.9. The van der Waals surface area contributed by atoms with E-state index in [-0.39, 0.29) is 22.6 Å². The van der Waals surface area contributed by atoms with E-state index in [1.54, 1.807) is 34.4 Å². The second kappa shape index (κ2) is 22.0.